The minimum absolute atomic E-state index is 0.0796. The number of rotatable bonds is 5. The molecule has 0 bridgehead atoms. The summed E-state index contributed by atoms with van der Waals surface area (Å²) in [6.07, 6.45) is 1.07. The van der Waals surface area contributed by atoms with E-state index in [9.17, 15) is 4.39 Å². The minimum Gasteiger partial charge on any atom is -0.479 e. The average Bonchev–Trinajstić information content (AvgIpc) is 2.86. The molecule has 0 atom stereocenters. The van der Waals surface area contributed by atoms with E-state index < -0.39 is 5.82 Å². The maximum absolute atomic E-state index is 13.2. The number of hydrogen-bond donors (Lipinski definition) is 1. The van der Waals surface area contributed by atoms with Crippen molar-refractivity contribution in [2.24, 2.45) is 0 Å². The first-order chi connectivity index (χ1) is 9.11. The topological polar surface area (TPSA) is 72.8 Å². The van der Waals surface area contributed by atoms with Crippen molar-refractivity contribution in [1.82, 2.24) is 19.6 Å². The fraction of sp³-hybridized carbons (Fsp3) is 0.455. The molecule has 0 aromatic carbocycles. The zero-order chi connectivity index (χ0) is 13.8. The number of nitrogens with zero attached hydrogens (tertiary/aromatic N) is 4. The average molecular weight is 283 g/mol. The van der Waals surface area contributed by atoms with Crippen molar-refractivity contribution in [3.05, 3.63) is 22.6 Å². The molecule has 2 heterocycles. The highest BCUT2D eigenvalue weighted by atomic mass is 32.1. The molecule has 102 valence electrons. The lowest BCUT2D eigenvalue weighted by Crippen LogP contribution is -2.06. The first kappa shape index (κ1) is 13.6. The van der Waals surface area contributed by atoms with Crippen LogP contribution in [-0.4, -0.2) is 26.7 Å². The van der Waals surface area contributed by atoms with E-state index in [0.29, 0.717) is 18.4 Å². The number of anilines is 1. The molecule has 0 fully saturated rings. The van der Waals surface area contributed by atoms with Gasteiger partial charge in [0.25, 0.3) is 5.88 Å². The van der Waals surface area contributed by atoms with Crippen LogP contribution in [0.5, 0.6) is 5.88 Å². The summed E-state index contributed by atoms with van der Waals surface area (Å²) in [5, 5.41) is 7.08. The van der Waals surface area contributed by atoms with Crippen LogP contribution in [0, 0.1) is 5.82 Å². The molecule has 2 aromatic rings. The first-order valence-corrected chi connectivity index (χ1v) is 6.50. The quantitative estimate of drug-likeness (QED) is 0.907. The molecule has 6 nitrogen and oxygen atoms in total. The van der Waals surface area contributed by atoms with E-state index in [0.717, 1.165) is 16.8 Å². The largest absolute Gasteiger partial charge is 0.479 e. The van der Waals surface area contributed by atoms with Gasteiger partial charge in [-0.3, -0.25) is 0 Å². The first-order valence-electron chi connectivity index (χ1n) is 5.73. The summed E-state index contributed by atoms with van der Waals surface area (Å²) in [5.41, 5.74) is 0.951. The Bertz CT molecular complexity index is 560. The molecule has 0 amide bonds. The second-order valence-corrected chi connectivity index (χ2v) is 4.98. The molecule has 8 heteroatoms. The Morgan fingerprint density at radius 1 is 1.47 bits per heavy atom. The highest BCUT2D eigenvalue weighted by Crippen LogP contribution is 2.21. The van der Waals surface area contributed by atoms with Gasteiger partial charge in [0.2, 0.25) is 11.8 Å². The van der Waals surface area contributed by atoms with E-state index in [4.69, 9.17) is 4.74 Å². The Balaban J connectivity index is 2.08. The van der Waals surface area contributed by atoms with Crippen molar-refractivity contribution < 1.29 is 9.13 Å². The molecule has 0 saturated carbocycles. The van der Waals surface area contributed by atoms with Crippen LogP contribution in [0.15, 0.2) is 6.20 Å². The zero-order valence-electron chi connectivity index (χ0n) is 10.8. The summed E-state index contributed by atoms with van der Waals surface area (Å²) in [5.74, 6) is -0.0556. The van der Waals surface area contributed by atoms with E-state index in [1.807, 2.05) is 0 Å². The van der Waals surface area contributed by atoms with Gasteiger partial charge in [-0.2, -0.15) is 9.37 Å². The molecule has 2 rings (SSSR count). The van der Waals surface area contributed by atoms with Crippen molar-refractivity contribution in [1.29, 1.82) is 0 Å². The predicted molar refractivity (Wildman–Crippen MR) is 69.9 cm³/mol. The molecule has 0 spiro atoms. The Morgan fingerprint density at radius 2 is 2.26 bits per heavy atom. The van der Waals surface area contributed by atoms with Gasteiger partial charge in [-0.15, -0.1) is 5.10 Å². The summed E-state index contributed by atoms with van der Waals surface area (Å²) >= 11 is 1.33. The highest BCUT2D eigenvalue weighted by Gasteiger charge is 2.12. The van der Waals surface area contributed by atoms with Gasteiger partial charge in [0.05, 0.1) is 30.4 Å². The summed E-state index contributed by atoms with van der Waals surface area (Å²) in [6, 6.07) is 0. The molecule has 0 unspecified atom stereocenters. The number of nitrogens with one attached hydrogen (secondary N) is 1. The van der Waals surface area contributed by atoms with E-state index in [-0.39, 0.29) is 5.88 Å². The van der Waals surface area contributed by atoms with Gasteiger partial charge < -0.3 is 10.1 Å². The molecule has 0 aliphatic carbocycles. The number of aromatic nitrogens is 4. The third-order valence-electron chi connectivity index (χ3n) is 2.44. The van der Waals surface area contributed by atoms with E-state index >= 15 is 0 Å². The van der Waals surface area contributed by atoms with Crippen LogP contribution < -0.4 is 10.1 Å². The van der Waals surface area contributed by atoms with Crippen LogP contribution in [0.2, 0.25) is 0 Å². The number of ether oxygens (including phenoxy) is 1. The second-order valence-electron chi connectivity index (χ2n) is 4.14. The van der Waals surface area contributed by atoms with Gasteiger partial charge in [-0.05, 0) is 17.5 Å². The van der Waals surface area contributed by atoms with Gasteiger partial charge in [0.1, 0.15) is 0 Å². The molecule has 0 aliphatic rings. The Morgan fingerprint density at radius 3 is 2.95 bits per heavy atom. The SMILES string of the molecule is COc1nc(NCc2snnc2C(C)C)ncc1F. The smallest absolute Gasteiger partial charge is 0.255 e. The maximum Gasteiger partial charge on any atom is 0.255 e. The van der Waals surface area contributed by atoms with E-state index in [2.05, 4.69) is 38.7 Å². The zero-order valence-corrected chi connectivity index (χ0v) is 11.7. The van der Waals surface area contributed by atoms with Crippen molar-refractivity contribution in [2.45, 2.75) is 26.3 Å². The van der Waals surface area contributed by atoms with E-state index in [1.165, 1.54) is 18.6 Å². The standard InChI is InChI=1S/C11H14FN5OS/c1-6(2)9-8(19-17-16-9)5-14-11-13-4-7(12)10(15-11)18-3/h4,6H,5H2,1-3H3,(H,13,14,15). The number of hydrogen-bond acceptors (Lipinski definition) is 7. The molecule has 2 aromatic heterocycles. The van der Waals surface area contributed by atoms with Gasteiger partial charge in [0, 0.05) is 0 Å². The monoisotopic (exact) mass is 283 g/mol. The normalized spacial score (nSPS) is 10.8. The van der Waals surface area contributed by atoms with Gasteiger partial charge in [-0.1, -0.05) is 18.3 Å². The Kier molecular flexibility index (Phi) is 4.20. The van der Waals surface area contributed by atoms with Crippen molar-refractivity contribution in [3.8, 4) is 5.88 Å². The van der Waals surface area contributed by atoms with Crippen LogP contribution >= 0.6 is 11.5 Å². The lowest BCUT2D eigenvalue weighted by Gasteiger charge is -2.07. The third kappa shape index (κ3) is 3.14. The lowest BCUT2D eigenvalue weighted by atomic mass is 10.1. The van der Waals surface area contributed by atoms with Crippen molar-refractivity contribution in [2.75, 3.05) is 12.4 Å². The van der Waals surface area contributed by atoms with Gasteiger partial charge in [-0.25, -0.2) is 4.98 Å². The van der Waals surface area contributed by atoms with Gasteiger partial charge in [0.15, 0.2) is 0 Å². The molecular formula is C11H14FN5OS. The summed E-state index contributed by atoms with van der Waals surface area (Å²) < 4.78 is 21.9. The molecule has 0 saturated heterocycles. The minimum atomic E-state index is -0.588. The molecule has 0 radical (unpaired) electrons. The summed E-state index contributed by atoms with van der Waals surface area (Å²) in [6.45, 7) is 4.61. The van der Waals surface area contributed by atoms with Crippen LogP contribution in [0.25, 0.3) is 0 Å². The Labute approximate surface area is 114 Å². The summed E-state index contributed by atoms with van der Waals surface area (Å²) in [7, 11) is 1.36. The second kappa shape index (κ2) is 5.87. The molecule has 1 N–H and O–H groups in total. The summed E-state index contributed by atoms with van der Waals surface area (Å²) in [4.78, 5) is 8.77. The predicted octanol–water partition coefficient (Wildman–Crippen LogP) is 2.21. The van der Waals surface area contributed by atoms with Crippen LogP contribution in [0.3, 0.4) is 0 Å². The van der Waals surface area contributed by atoms with Crippen LogP contribution in [-0.2, 0) is 6.54 Å². The fourth-order valence-electron chi connectivity index (χ4n) is 1.52. The van der Waals surface area contributed by atoms with E-state index in [1.54, 1.807) is 0 Å². The molecule has 0 aliphatic heterocycles. The van der Waals surface area contributed by atoms with Crippen LogP contribution in [0.4, 0.5) is 10.3 Å². The fourth-order valence-corrected chi connectivity index (χ4v) is 2.25. The number of methoxy groups -OCH3 is 1. The molecular weight excluding hydrogens is 269 g/mol. The molecule has 19 heavy (non-hydrogen) atoms. The maximum atomic E-state index is 13.2. The highest BCUT2D eigenvalue weighted by molar-refractivity contribution is 7.05. The third-order valence-corrected chi connectivity index (χ3v) is 3.18. The number of halogens is 1. The Hall–Kier alpha value is -1.83. The lowest BCUT2D eigenvalue weighted by molar-refractivity contribution is 0.368. The van der Waals surface area contributed by atoms with Crippen molar-refractivity contribution in [3.63, 3.8) is 0 Å². The van der Waals surface area contributed by atoms with Crippen molar-refractivity contribution >= 4 is 17.5 Å². The van der Waals surface area contributed by atoms with Gasteiger partial charge >= 0.3 is 0 Å². The van der Waals surface area contributed by atoms with Crippen LogP contribution in [0.1, 0.15) is 30.3 Å².